The van der Waals surface area contributed by atoms with Crippen LogP contribution in [0.2, 0.25) is 0 Å². The van der Waals surface area contributed by atoms with Crippen molar-refractivity contribution in [3.8, 4) is 0 Å². The summed E-state index contributed by atoms with van der Waals surface area (Å²) in [7, 11) is 0. The molecule has 3 heteroatoms. The van der Waals surface area contributed by atoms with Crippen LogP contribution in [0.1, 0.15) is 6.92 Å². The Labute approximate surface area is 65.2 Å². The average molecular weight is 149 g/mol. The van der Waals surface area contributed by atoms with Crippen LogP contribution in [0.5, 0.6) is 0 Å². The van der Waals surface area contributed by atoms with E-state index in [0.717, 1.165) is 0 Å². The SMILES string of the molecule is CC(=O)Nc1c[c]c(N)cc1. The molecule has 0 aromatic heterocycles. The minimum atomic E-state index is -0.0943. The molecular formula is C8H9N2O. The fraction of sp³-hybridized carbons (Fsp3) is 0.125. The Kier molecular flexibility index (Phi) is 2.11. The van der Waals surface area contributed by atoms with Gasteiger partial charge in [0.1, 0.15) is 0 Å². The molecule has 0 unspecified atom stereocenters. The van der Waals surface area contributed by atoms with Crippen LogP contribution in [0.3, 0.4) is 0 Å². The van der Waals surface area contributed by atoms with Gasteiger partial charge in [-0.3, -0.25) is 4.79 Å². The molecule has 1 radical (unpaired) electrons. The van der Waals surface area contributed by atoms with Crippen molar-refractivity contribution in [1.82, 2.24) is 0 Å². The van der Waals surface area contributed by atoms with Crippen LogP contribution >= 0.6 is 0 Å². The lowest BCUT2D eigenvalue weighted by molar-refractivity contribution is -0.114. The van der Waals surface area contributed by atoms with Gasteiger partial charge in [0, 0.05) is 24.4 Å². The Morgan fingerprint density at radius 3 is 2.82 bits per heavy atom. The van der Waals surface area contributed by atoms with E-state index >= 15 is 0 Å². The van der Waals surface area contributed by atoms with Crippen molar-refractivity contribution in [3.63, 3.8) is 0 Å². The number of carbonyl (C=O) groups is 1. The maximum absolute atomic E-state index is 10.5. The van der Waals surface area contributed by atoms with Crippen molar-refractivity contribution in [1.29, 1.82) is 0 Å². The van der Waals surface area contributed by atoms with Crippen molar-refractivity contribution in [3.05, 3.63) is 24.3 Å². The Bertz CT molecular complexity index is 253. The monoisotopic (exact) mass is 149 g/mol. The number of nitrogens with one attached hydrogen (secondary N) is 1. The van der Waals surface area contributed by atoms with E-state index in [9.17, 15) is 4.79 Å². The molecule has 0 heterocycles. The maximum Gasteiger partial charge on any atom is 0.221 e. The van der Waals surface area contributed by atoms with Gasteiger partial charge >= 0.3 is 0 Å². The van der Waals surface area contributed by atoms with E-state index in [2.05, 4.69) is 11.4 Å². The molecule has 0 aliphatic heterocycles. The Hall–Kier alpha value is -1.51. The van der Waals surface area contributed by atoms with Crippen molar-refractivity contribution < 1.29 is 4.79 Å². The Morgan fingerprint density at radius 1 is 1.64 bits per heavy atom. The molecule has 1 rings (SSSR count). The molecule has 11 heavy (non-hydrogen) atoms. The van der Waals surface area contributed by atoms with E-state index in [1.165, 1.54) is 6.92 Å². The first-order chi connectivity index (χ1) is 5.18. The second-order valence-corrected chi connectivity index (χ2v) is 2.21. The average Bonchev–Trinajstić information content (AvgIpc) is 1.93. The summed E-state index contributed by atoms with van der Waals surface area (Å²) in [5.74, 6) is -0.0943. The van der Waals surface area contributed by atoms with Crippen LogP contribution in [-0.2, 0) is 4.79 Å². The highest BCUT2D eigenvalue weighted by Gasteiger charge is 1.92. The van der Waals surface area contributed by atoms with E-state index < -0.39 is 0 Å². The van der Waals surface area contributed by atoms with Crippen molar-refractivity contribution in [2.24, 2.45) is 0 Å². The molecule has 0 saturated carbocycles. The summed E-state index contributed by atoms with van der Waals surface area (Å²) in [6.45, 7) is 1.45. The number of hydrogen-bond donors (Lipinski definition) is 2. The number of benzene rings is 1. The van der Waals surface area contributed by atoms with Crippen LogP contribution in [-0.4, -0.2) is 5.91 Å². The van der Waals surface area contributed by atoms with Crippen LogP contribution in [0.4, 0.5) is 11.4 Å². The predicted octanol–water partition coefficient (Wildman–Crippen LogP) is 1.03. The standard InChI is InChI=1S/C8H9N2O/c1-6(11)10-8-4-2-7(9)3-5-8/h2,4-5H,9H2,1H3,(H,10,11). The summed E-state index contributed by atoms with van der Waals surface area (Å²) in [5.41, 5.74) is 6.67. The first kappa shape index (κ1) is 7.60. The van der Waals surface area contributed by atoms with E-state index in [1.807, 2.05) is 0 Å². The van der Waals surface area contributed by atoms with Gasteiger partial charge in [-0.25, -0.2) is 0 Å². The zero-order chi connectivity index (χ0) is 8.27. The third-order valence-corrected chi connectivity index (χ3v) is 1.16. The van der Waals surface area contributed by atoms with Crippen LogP contribution < -0.4 is 11.1 Å². The quantitative estimate of drug-likeness (QED) is 0.586. The highest BCUT2D eigenvalue weighted by atomic mass is 16.1. The lowest BCUT2D eigenvalue weighted by Gasteiger charge is -2.00. The molecule has 3 nitrogen and oxygen atoms in total. The number of hydrogen-bond acceptors (Lipinski definition) is 2. The summed E-state index contributed by atoms with van der Waals surface area (Å²) in [4.78, 5) is 10.5. The number of nitrogen functional groups attached to an aromatic ring is 1. The van der Waals surface area contributed by atoms with Crippen LogP contribution in [0, 0.1) is 6.07 Å². The van der Waals surface area contributed by atoms with Crippen LogP contribution in [0.25, 0.3) is 0 Å². The number of anilines is 2. The molecule has 0 fully saturated rings. The van der Waals surface area contributed by atoms with E-state index in [1.54, 1.807) is 18.2 Å². The van der Waals surface area contributed by atoms with Gasteiger partial charge in [-0.1, -0.05) is 0 Å². The lowest BCUT2D eigenvalue weighted by Crippen LogP contribution is -2.05. The minimum Gasteiger partial charge on any atom is -0.398 e. The van der Waals surface area contributed by atoms with Crippen molar-refractivity contribution >= 4 is 17.3 Å². The lowest BCUT2D eigenvalue weighted by atomic mass is 10.3. The molecular weight excluding hydrogens is 140 g/mol. The highest BCUT2D eigenvalue weighted by molar-refractivity contribution is 5.88. The summed E-state index contributed by atoms with van der Waals surface area (Å²) < 4.78 is 0. The fourth-order valence-electron chi connectivity index (χ4n) is 0.718. The van der Waals surface area contributed by atoms with E-state index in [-0.39, 0.29) is 5.91 Å². The smallest absolute Gasteiger partial charge is 0.221 e. The summed E-state index contributed by atoms with van der Waals surface area (Å²) in [5, 5.41) is 2.61. The second-order valence-electron chi connectivity index (χ2n) is 2.21. The first-order valence-electron chi connectivity index (χ1n) is 3.23. The molecule has 0 aliphatic carbocycles. The van der Waals surface area contributed by atoms with Crippen LogP contribution in [0.15, 0.2) is 18.2 Å². The van der Waals surface area contributed by atoms with E-state index in [0.29, 0.717) is 11.4 Å². The molecule has 0 spiro atoms. The Morgan fingerprint density at radius 2 is 2.36 bits per heavy atom. The largest absolute Gasteiger partial charge is 0.398 e. The number of amides is 1. The highest BCUT2D eigenvalue weighted by Crippen LogP contribution is 2.08. The Balaban J connectivity index is 2.74. The zero-order valence-corrected chi connectivity index (χ0v) is 6.22. The normalized spacial score (nSPS) is 9.18. The topological polar surface area (TPSA) is 55.1 Å². The minimum absolute atomic E-state index is 0.0943. The molecule has 0 saturated heterocycles. The molecule has 1 aromatic carbocycles. The second kappa shape index (κ2) is 3.05. The zero-order valence-electron chi connectivity index (χ0n) is 6.22. The van der Waals surface area contributed by atoms with Gasteiger partial charge < -0.3 is 11.1 Å². The third kappa shape index (κ3) is 2.29. The molecule has 0 atom stereocenters. The number of rotatable bonds is 1. The van der Waals surface area contributed by atoms with Crippen molar-refractivity contribution in [2.75, 3.05) is 11.1 Å². The van der Waals surface area contributed by atoms with Gasteiger partial charge in [0.2, 0.25) is 5.91 Å². The maximum atomic E-state index is 10.5. The van der Waals surface area contributed by atoms with Gasteiger partial charge in [0.05, 0.1) is 0 Å². The van der Waals surface area contributed by atoms with Gasteiger partial charge in [0.25, 0.3) is 0 Å². The van der Waals surface area contributed by atoms with Gasteiger partial charge in [-0.05, 0) is 18.2 Å². The number of nitrogens with two attached hydrogens (primary N) is 1. The summed E-state index contributed by atoms with van der Waals surface area (Å²) in [6, 6.07) is 7.82. The molecule has 1 aromatic rings. The van der Waals surface area contributed by atoms with Gasteiger partial charge in [0.15, 0.2) is 0 Å². The fourth-order valence-corrected chi connectivity index (χ4v) is 0.718. The van der Waals surface area contributed by atoms with E-state index in [4.69, 9.17) is 5.73 Å². The molecule has 57 valence electrons. The third-order valence-electron chi connectivity index (χ3n) is 1.16. The summed E-state index contributed by atoms with van der Waals surface area (Å²) in [6.07, 6.45) is 0. The van der Waals surface area contributed by atoms with Gasteiger partial charge in [-0.2, -0.15) is 0 Å². The van der Waals surface area contributed by atoms with Gasteiger partial charge in [-0.15, -0.1) is 0 Å². The molecule has 0 bridgehead atoms. The number of carbonyl (C=O) groups excluding carboxylic acids is 1. The summed E-state index contributed by atoms with van der Waals surface area (Å²) >= 11 is 0. The first-order valence-corrected chi connectivity index (χ1v) is 3.23. The molecule has 1 amide bonds. The predicted molar refractivity (Wildman–Crippen MR) is 44.0 cm³/mol. The molecule has 0 aliphatic rings. The molecule has 3 N–H and O–H groups in total. The van der Waals surface area contributed by atoms with Crippen molar-refractivity contribution in [2.45, 2.75) is 6.92 Å².